The maximum absolute atomic E-state index is 12.8. The Bertz CT molecular complexity index is 546. The molecule has 0 unspecified atom stereocenters. The quantitative estimate of drug-likeness (QED) is 0.650. The number of nitrogens with two attached hydrogens (primary N) is 1. The van der Waals surface area contributed by atoms with Crippen molar-refractivity contribution in [2.75, 3.05) is 19.7 Å². The molecule has 24 heavy (non-hydrogen) atoms. The standard InChI is InChI=1S/C18H27ClN2O3/c1-17(2,3)24-16(22)18(8-10-21(20)11-9-18)13-23-12-14-4-6-15(19)7-5-14/h4-7H,8-13,20H2,1-3H3. The van der Waals surface area contributed by atoms with Gasteiger partial charge in [-0.25, -0.2) is 5.01 Å². The summed E-state index contributed by atoms with van der Waals surface area (Å²) < 4.78 is 11.5. The van der Waals surface area contributed by atoms with Crippen LogP contribution in [-0.4, -0.2) is 36.3 Å². The molecule has 1 fully saturated rings. The number of halogens is 1. The van der Waals surface area contributed by atoms with Crippen LogP contribution >= 0.6 is 11.6 Å². The predicted octanol–water partition coefficient (Wildman–Crippen LogP) is 3.15. The molecule has 0 saturated carbocycles. The van der Waals surface area contributed by atoms with Crippen molar-refractivity contribution in [3.05, 3.63) is 34.9 Å². The highest BCUT2D eigenvalue weighted by Crippen LogP contribution is 2.34. The zero-order valence-electron chi connectivity index (χ0n) is 14.7. The first kappa shape index (κ1) is 19.2. The van der Waals surface area contributed by atoms with E-state index in [0.717, 1.165) is 5.56 Å². The summed E-state index contributed by atoms with van der Waals surface area (Å²) >= 11 is 5.89. The van der Waals surface area contributed by atoms with E-state index in [9.17, 15) is 4.79 Å². The molecule has 1 aromatic carbocycles. The van der Waals surface area contributed by atoms with Gasteiger partial charge in [0.2, 0.25) is 0 Å². The number of rotatable bonds is 5. The molecule has 2 N–H and O–H groups in total. The Hall–Kier alpha value is -1.14. The van der Waals surface area contributed by atoms with E-state index in [1.807, 2.05) is 45.0 Å². The highest BCUT2D eigenvalue weighted by Gasteiger charge is 2.44. The van der Waals surface area contributed by atoms with Crippen LogP contribution in [0.15, 0.2) is 24.3 Å². The maximum atomic E-state index is 12.8. The third kappa shape index (κ3) is 5.45. The normalized spacial score (nSPS) is 18.4. The zero-order valence-corrected chi connectivity index (χ0v) is 15.4. The van der Waals surface area contributed by atoms with Crippen molar-refractivity contribution in [2.24, 2.45) is 11.3 Å². The van der Waals surface area contributed by atoms with Gasteiger partial charge in [0.15, 0.2) is 0 Å². The van der Waals surface area contributed by atoms with Crippen molar-refractivity contribution in [3.63, 3.8) is 0 Å². The van der Waals surface area contributed by atoms with Crippen molar-refractivity contribution in [1.82, 2.24) is 5.01 Å². The highest BCUT2D eigenvalue weighted by molar-refractivity contribution is 6.30. The lowest BCUT2D eigenvalue weighted by molar-refractivity contribution is -0.176. The Kier molecular flexibility index (Phi) is 6.26. The van der Waals surface area contributed by atoms with Crippen LogP contribution in [0.4, 0.5) is 0 Å². The van der Waals surface area contributed by atoms with Crippen LogP contribution in [0.5, 0.6) is 0 Å². The molecule has 0 bridgehead atoms. The molecule has 0 spiro atoms. The van der Waals surface area contributed by atoms with Crippen LogP contribution in [0.3, 0.4) is 0 Å². The summed E-state index contributed by atoms with van der Waals surface area (Å²) in [6.07, 6.45) is 1.28. The lowest BCUT2D eigenvalue weighted by Gasteiger charge is -2.39. The lowest BCUT2D eigenvalue weighted by Crippen LogP contribution is -2.51. The van der Waals surface area contributed by atoms with Crippen molar-refractivity contribution < 1.29 is 14.3 Å². The molecule has 6 heteroatoms. The Balaban J connectivity index is 2.00. The van der Waals surface area contributed by atoms with Gasteiger partial charge in [0.1, 0.15) is 5.60 Å². The number of carbonyl (C=O) groups is 1. The lowest BCUT2D eigenvalue weighted by atomic mass is 9.79. The van der Waals surface area contributed by atoms with Gasteiger partial charge >= 0.3 is 5.97 Å². The Morgan fingerprint density at radius 3 is 2.38 bits per heavy atom. The van der Waals surface area contributed by atoms with Crippen LogP contribution in [0.2, 0.25) is 5.02 Å². The van der Waals surface area contributed by atoms with Crippen LogP contribution in [-0.2, 0) is 20.9 Å². The third-order valence-electron chi connectivity index (χ3n) is 4.15. The number of ether oxygens (including phenoxy) is 2. The summed E-state index contributed by atoms with van der Waals surface area (Å²) in [5, 5.41) is 2.43. The highest BCUT2D eigenvalue weighted by atomic mass is 35.5. The average molecular weight is 355 g/mol. The Labute approximate surface area is 149 Å². The number of benzene rings is 1. The van der Waals surface area contributed by atoms with Crippen molar-refractivity contribution in [2.45, 2.75) is 45.8 Å². The molecule has 0 aromatic heterocycles. The van der Waals surface area contributed by atoms with E-state index in [1.165, 1.54) is 0 Å². The number of hydrazine groups is 1. The van der Waals surface area contributed by atoms with Gasteiger partial charge in [0.25, 0.3) is 0 Å². The van der Waals surface area contributed by atoms with E-state index in [-0.39, 0.29) is 5.97 Å². The monoisotopic (exact) mass is 354 g/mol. The zero-order chi connectivity index (χ0) is 17.8. The number of esters is 1. The molecule has 0 atom stereocenters. The van der Waals surface area contributed by atoms with Gasteiger partial charge in [-0.3, -0.25) is 10.6 Å². The van der Waals surface area contributed by atoms with Gasteiger partial charge in [-0.2, -0.15) is 0 Å². The van der Waals surface area contributed by atoms with Gasteiger partial charge in [0, 0.05) is 18.1 Å². The predicted molar refractivity (Wildman–Crippen MR) is 94.4 cm³/mol. The average Bonchev–Trinajstić information content (AvgIpc) is 2.50. The largest absolute Gasteiger partial charge is 0.459 e. The fourth-order valence-electron chi connectivity index (χ4n) is 2.69. The summed E-state index contributed by atoms with van der Waals surface area (Å²) in [5.74, 6) is 5.65. The van der Waals surface area contributed by atoms with Crippen LogP contribution < -0.4 is 5.84 Å². The third-order valence-corrected chi connectivity index (χ3v) is 4.40. The topological polar surface area (TPSA) is 64.8 Å². The molecule has 1 aromatic rings. The smallest absolute Gasteiger partial charge is 0.315 e. The Morgan fingerprint density at radius 2 is 1.83 bits per heavy atom. The fraction of sp³-hybridized carbons (Fsp3) is 0.611. The molecule has 0 aliphatic carbocycles. The first-order valence-corrected chi connectivity index (χ1v) is 8.63. The van der Waals surface area contributed by atoms with Crippen molar-refractivity contribution >= 4 is 17.6 Å². The maximum Gasteiger partial charge on any atom is 0.315 e. The van der Waals surface area contributed by atoms with Gasteiger partial charge in [-0.05, 0) is 51.3 Å². The van der Waals surface area contributed by atoms with E-state index in [4.69, 9.17) is 26.9 Å². The van der Waals surface area contributed by atoms with Gasteiger partial charge in [0.05, 0.1) is 18.6 Å². The number of hydrogen-bond acceptors (Lipinski definition) is 5. The van der Waals surface area contributed by atoms with Crippen LogP contribution in [0.1, 0.15) is 39.2 Å². The Morgan fingerprint density at radius 1 is 1.25 bits per heavy atom. The van der Waals surface area contributed by atoms with E-state index in [2.05, 4.69) is 0 Å². The van der Waals surface area contributed by atoms with E-state index in [0.29, 0.717) is 44.2 Å². The first-order chi connectivity index (χ1) is 11.2. The molecule has 134 valence electrons. The van der Waals surface area contributed by atoms with Crippen LogP contribution in [0, 0.1) is 5.41 Å². The van der Waals surface area contributed by atoms with Crippen molar-refractivity contribution in [3.8, 4) is 0 Å². The molecule has 0 amide bonds. The summed E-state index contributed by atoms with van der Waals surface area (Å²) in [5.41, 5.74) is -0.120. The number of piperidine rings is 1. The summed E-state index contributed by atoms with van der Waals surface area (Å²) in [7, 11) is 0. The van der Waals surface area contributed by atoms with Gasteiger partial charge in [-0.1, -0.05) is 23.7 Å². The molecular formula is C18H27ClN2O3. The van der Waals surface area contributed by atoms with Gasteiger partial charge in [-0.15, -0.1) is 0 Å². The van der Waals surface area contributed by atoms with Crippen molar-refractivity contribution in [1.29, 1.82) is 0 Å². The second-order valence-electron chi connectivity index (χ2n) is 7.44. The second kappa shape index (κ2) is 7.83. The second-order valence-corrected chi connectivity index (χ2v) is 7.87. The van der Waals surface area contributed by atoms with E-state index in [1.54, 1.807) is 5.01 Å². The minimum atomic E-state index is -0.629. The first-order valence-electron chi connectivity index (χ1n) is 8.25. The SMILES string of the molecule is CC(C)(C)OC(=O)C1(COCc2ccc(Cl)cc2)CCN(N)CC1. The number of nitrogens with zero attached hydrogens (tertiary/aromatic N) is 1. The van der Waals surface area contributed by atoms with E-state index < -0.39 is 11.0 Å². The molecule has 1 heterocycles. The van der Waals surface area contributed by atoms with E-state index >= 15 is 0 Å². The molecule has 2 rings (SSSR count). The minimum Gasteiger partial charge on any atom is -0.459 e. The number of carbonyl (C=O) groups excluding carboxylic acids is 1. The number of hydrogen-bond donors (Lipinski definition) is 1. The summed E-state index contributed by atoms with van der Waals surface area (Å²) in [6, 6.07) is 7.50. The fourth-order valence-corrected chi connectivity index (χ4v) is 2.82. The molecule has 1 saturated heterocycles. The van der Waals surface area contributed by atoms with Crippen LogP contribution in [0.25, 0.3) is 0 Å². The molecule has 1 aliphatic rings. The molecule has 0 radical (unpaired) electrons. The molecule has 1 aliphatic heterocycles. The molecular weight excluding hydrogens is 328 g/mol. The molecule has 5 nitrogen and oxygen atoms in total. The summed E-state index contributed by atoms with van der Waals surface area (Å²) in [6.45, 7) is 7.72. The van der Waals surface area contributed by atoms with Gasteiger partial charge < -0.3 is 9.47 Å². The summed E-state index contributed by atoms with van der Waals surface area (Å²) in [4.78, 5) is 12.8. The minimum absolute atomic E-state index is 0.195.